The number of benzene rings is 2. The van der Waals surface area contributed by atoms with Gasteiger partial charge in [-0.2, -0.15) is 0 Å². The van der Waals surface area contributed by atoms with E-state index in [0.717, 1.165) is 21.9 Å². The molecular formula is C18H10Cl2N2O. The Morgan fingerprint density at radius 2 is 1.57 bits per heavy atom. The predicted octanol–water partition coefficient (Wildman–Crippen LogP) is 5.88. The van der Waals surface area contributed by atoms with E-state index in [1.807, 2.05) is 42.5 Å². The van der Waals surface area contributed by atoms with Crippen LogP contribution in [-0.4, -0.2) is 9.97 Å². The summed E-state index contributed by atoms with van der Waals surface area (Å²) in [6.45, 7) is 0. The van der Waals surface area contributed by atoms with Crippen molar-refractivity contribution in [2.24, 2.45) is 0 Å². The van der Waals surface area contributed by atoms with Crippen LogP contribution in [0.3, 0.4) is 0 Å². The van der Waals surface area contributed by atoms with Gasteiger partial charge in [-0.3, -0.25) is 0 Å². The minimum Gasteiger partial charge on any atom is -0.457 e. The molecule has 0 saturated heterocycles. The van der Waals surface area contributed by atoms with Crippen molar-refractivity contribution in [3.05, 3.63) is 71.0 Å². The SMILES string of the molecule is Clc1ccc(Oc2ccc3c(Cl)nc4ncccc4c3c2)cc1. The van der Waals surface area contributed by atoms with Crippen molar-refractivity contribution in [2.45, 2.75) is 0 Å². The van der Waals surface area contributed by atoms with Gasteiger partial charge in [-0.1, -0.05) is 23.2 Å². The lowest BCUT2D eigenvalue weighted by Crippen LogP contribution is -1.89. The molecule has 4 rings (SSSR count). The van der Waals surface area contributed by atoms with Gasteiger partial charge in [0, 0.05) is 22.0 Å². The van der Waals surface area contributed by atoms with Gasteiger partial charge in [0.15, 0.2) is 5.65 Å². The first kappa shape index (κ1) is 14.2. The van der Waals surface area contributed by atoms with Crippen LogP contribution in [0.1, 0.15) is 0 Å². The lowest BCUT2D eigenvalue weighted by Gasteiger charge is -2.09. The van der Waals surface area contributed by atoms with E-state index in [0.29, 0.717) is 21.6 Å². The molecule has 0 radical (unpaired) electrons. The zero-order chi connectivity index (χ0) is 15.8. The molecule has 0 aliphatic rings. The topological polar surface area (TPSA) is 35.0 Å². The van der Waals surface area contributed by atoms with Crippen LogP contribution in [0.15, 0.2) is 60.8 Å². The summed E-state index contributed by atoms with van der Waals surface area (Å²) in [6.07, 6.45) is 1.70. The van der Waals surface area contributed by atoms with Crippen LogP contribution in [0, 0.1) is 0 Å². The number of hydrogen-bond acceptors (Lipinski definition) is 3. The predicted molar refractivity (Wildman–Crippen MR) is 93.6 cm³/mol. The average molecular weight is 341 g/mol. The van der Waals surface area contributed by atoms with Crippen LogP contribution in [0.5, 0.6) is 11.5 Å². The highest BCUT2D eigenvalue weighted by Gasteiger charge is 2.09. The molecule has 0 N–H and O–H groups in total. The lowest BCUT2D eigenvalue weighted by molar-refractivity contribution is 0.483. The Kier molecular flexibility index (Phi) is 3.52. The van der Waals surface area contributed by atoms with Crippen LogP contribution < -0.4 is 4.74 Å². The first-order valence-electron chi connectivity index (χ1n) is 6.98. The number of fused-ring (bicyclic) bond motifs is 3. The molecule has 0 atom stereocenters. The van der Waals surface area contributed by atoms with E-state index < -0.39 is 0 Å². The molecule has 4 aromatic rings. The highest BCUT2D eigenvalue weighted by atomic mass is 35.5. The number of nitrogens with zero attached hydrogens (tertiary/aromatic N) is 2. The molecule has 0 fully saturated rings. The molecule has 2 heterocycles. The minimum atomic E-state index is 0.434. The summed E-state index contributed by atoms with van der Waals surface area (Å²) < 4.78 is 5.89. The molecule has 0 unspecified atom stereocenters. The first-order valence-corrected chi connectivity index (χ1v) is 7.74. The van der Waals surface area contributed by atoms with Crippen LogP contribution in [0.25, 0.3) is 21.8 Å². The summed E-state index contributed by atoms with van der Waals surface area (Å²) >= 11 is 12.2. The first-order chi connectivity index (χ1) is 11.2. The zero-order valence-electron chi connectivity index (χ0n) is 11.8. The van der Waals surface area contributed by atoms with Gasteiger partial charge >= 0.3 is 0 Å². The molecule has 2 aromatic carbocycles. The summed E-state index contributed by atoms with van der Waals surface area (Å²) in [4.78, 5) is 8.59. The van der Waals surface area contributed by atoms with Crippen LogP contribution >= 0.6 is 23.2 Å². The fourth-order valence-corrected chi connectivity index (χ4v) is 2.85. The van der Waals surface area contributed by atoms with Gasteiger partial charge in [-0.05, 0) is 60.0 Å². The molecule has 5 heteroatoms. The van der Waals surface area contributed by atoms with E-state index in [1.165, 1.54) is 0 Å². The third-order valence-electron chi connectivity index (χ3n) is 3.54. The minimum absolute atomic E-state index is 0.434. The average Bonchev–Trinajstić information content (AvgIpc) is 2.57. The van der Waals surface area contributed by atoms with E-state index >= 15 is 0 Å². The number of halogens is 2. The number of aromatic nitrogens is 2. The smallest absolute Gasteiger partial charge is 0.161 e. The largest absolute Gasteiger partial charge is 0.457 e. The normalized spacial score (nSPS) is 11.0. The van der Waals surface area contributed by atoms with Crippen molar-refractivity contribution in [2.75, 3.05) is 0 Å². The van der Waals surface area contributed by atoms with E-state index in [9.17, 15) is 0 Å². The summed E-state index contributed by atoms with van der Waals surface area (Å²) in [5, 5.41) is 3.87. The van der Waals surface area contributed by atoms with Gasteiger partial charge in [0.25, 0.3) is 0 Å². The zero-order valence-corrected chi connectivity index (χ0v) is 13.3. The Morgan fingerprint density at radius 1 is 0.783 bits per heavy atom. The van der Waals surface area contributed by atoms with Gasteiger partial charge in [0.1, 0.15) is 16.7 Å². The third kappa shape index (κ3) is 2.69. The maximum Gasteiger partial charge on any atom is 0.161 e. The summed E-state index contributed by atoms with van der Waals surface area (Å²) in [6, 6.07) is 16.8. The second kappa shape index (κ2) is 5.69. The van der Waals surface area contributed by atoms with Crippen molar-refractivity contribution in [1.82, 2.24) is 9.97 Å². The Morgan fingerprint density at radius 3 is 2.39 bits per heavy atom. The summed E-state index contributed by atoms with van der Waals surface area (Å²) in [5.74, 6) is 1.43. The number of rotatable bonds is 2. The molecule has 0 amide bonds. The van der Waals surface area contributed by atoms with E-state index in [4.69, 9.17) is 27.9 Å². The van der Waals surface area contributed by atoms with Crippen LogP contribution in [0.2, 0.25) is 10.2 Å². The Labute approximate surface area is 142 Å². The summed E-state index contributed by atoms with van der Waals surface area (Å²) in [5.41, 5.74) is 0.619. The van der Waals surface area contributed by atoms with Crippen molar-refractivity contribution < 1.29 is 4.74 Å². The standard InChI is InChI=1S/C18H10Cl2N2O/c19-11-3-5-12(6-4-11)23-13-7-8-14-16(10-13)15-2-1-9-21-18(15)22-17(14)20/h1-10H. The number of pyridine rings is 2. The number of hydrogen-bond donors (Lipinski definition) is 0. The molecule has 0 bridgehead atoms. The molecule has 0 aliphatic carbocycles. The van der Waals surface area contributed by atoms with Crippen LogP contribution in [0.4, 0.5) is 0 Å². The fourth-order valence-electron chi connectivity index (χ4n) is 2.48. The van der Waals surface area contributed by atoms with Crippen molar-refractivity contribution in [3.63, 3.8) is 0 Å². The van der Waals surface area contributed by atoms with E-state index in [1.54, 1.807) is 18.3 Å². The fraction of sp³-hybridized carbons (Fsp3) is 0. The van der Waals surface area contributed by atoms with Gasteiger partial charge in [0.05, 0.1) is 0 Å². The second-order valence-corrected chi connectivity index (χ2v) is 5.84. The van der Waals surface area contributed by atoms with Crippen LogP contribution in [-0.2, 0) is 0 Å². The van der Waals surface area contributed by atoms with E-state index in [2.05, 4.69) is 9.97 Å². The Hall–Kier alpha value is -2.36. The molecule has 0 spiro atoms. The van der Waals surface area contributed by atoms with Gasteiger partial charge in [0.2, 0.25) is 0 Å². The third-order valence-corrected chi connectivity index (χ3v) is 4.08. The van der Waals surface area contributed by atoms with Gasteiger partial charge < -0.3 is 4.74 Å². The lowest BCUT2D eigenvalue weighted by atomic mass is 10.1. The maximum atomic E-state index is 6.26. The Balaban J connectivity index is 1.86. The number of ether oxygens (including phenoxy) is 1. The van der Waals surface area contributed by atoms with Crippen molar-refractivity contribution in [3.8, 4) is 11.5 Å². The van der Waals surface area contributed by atoms with Gasteiger partial charge in [-0.15, -0.1) is 0 Å². The monoisotopic (exact) mass is 340 g/mol. The molecule has 3 nitrogen and oxygen atoms in total. The highest BCUT2D eigenvalue weighted by molar-refractivity contribution is 6.35. The summed E-state index contributed by atoms with van der Waals surface area (Å²) in [7, 11) is 0. The van der Waals surface area contributed by atoms with Crippen molar-refractivity contribution in [1.29, 1.82) is 0 Å². The van der Waals surface area contributed by atoms with Crippen molar-refractivity contribution >= 4 is 45.0 Å². The quantitative estimate of drug-likeness (QED) is 0.337. The molecule has 23 heavy (non-hydrogen) atoms. The molecule has 0 aliphatic heterocycles. The molecule has 2 aromatic heterocycles. The Bertz CT molecular complexity index is 1020. The molecule has 0 saturated carbocycles. The second-order valence-electron chi connectivity index (χ2n) is 5.04. The van der Waals surface area contributed by atoms with Gasteiger partial charge in [-0.25, -0.2) is 9.97 Å². The van der Waals surface area contributed by atoms with E-state index in [-0.39, 0.29) is 0 Å². The highest BCUT2D eigenvalue weighted by Crippen LogP contribution is 2.32. The maximum absolute atomic E-state index is 6.26. The molecular weight excluding hydrogens is 331 g/mol. The molecule has 112 valence electrons.